The lowest BCUT2D eigenvalue weighted by molar-refractivity contribution is 0.587. The fraction of sp³-hybridized carbons (Fsp3) is 0.500. The van der Waals surface area contributed by atoms with Crippen molar-refractivity contribution in [3.8, 4) is 0 Å². The molecule has 0 bridgehead atoms. The fourth-order valence-electron chi connectivity index (χ4n) is 1.56. The summed E-state index contributed by atoms with van der Waals surface area (Å²) in [5.74, 6) is 0. The first-order chi connectivity index (χ1) is 8.01. The number of rotatable bonds is 6. The molecular formula is C12H20N2O2S. The van der Waals surface area contributed by atoms with Crippen LogP contribution in [-0.4, -0.2) is 22.0 Å². The number of benzene rings is 1. The molecule has 0 fully saturated rings. The second-order valence-electron chi connectivity index (χ2n) is 3.98. The Morgan fingerprint density at radius 3 is 2.59 bits per heavy atom. The zero-order valence-corrected chi connectivity index (χ0v) is 11.4. The van der Waals surface area contributed by atoms with E-state index < -0.39 is 10.0 Å². The summed E-state index contributed by atoms with van der Waals surface area (Å²) in [6, 6.07) is 5.52. The number of hydrogen-bond acceptors (Lipinski definition) is 3. The van der Waals surface area contributed by atoms with Gasteiger partial charge in [0.15, 0.2) is 0 Å². The third-order valence-electron chi connectivity index (χ3n) is 2.57. The van der Waals surface area contributed by atoms with Crippen molar-refractivity contribution < 1.29 is 8.42 Å². The molecule has 0 amide bonds. The molecule has 0 heterocycles. The van der Waals surface area contributed by atoms with E-state index in [1.807, 2.05) is 12.1 Å². The normalized spacial score (nSPS) is 11.7. The summed E-state index contributed by atoms with van der Waals surface area (Å²) in [6.45, 7) is 5.52. The summed E-state index contributed by atoms with van der Waals surface area (Å²) in [5, 5.41) is 3.25. The van der Waals surface area contributed by atoms with Crippen LogP contribution in [0.15, 0.2) is 23.1 Å². The molecule has 5 heteroatoms. The SMILES string of the molecule is CCCNCc1ccc(C)c(S(=O)(=O)NC)c1. The number of hydrogen-bond donors (Lipinski definition) is 2. The van der Waals surface area contributed by atoms with Crippen molar-refractivity contribution >= 4 is 10.0 Å². The maximum atomic E-state index is 11.8. The van der Waals surface area contributed by atoms with Crippen LogP contribution in [0.2, 0.25) is 0 Å². The van der Waals surface area contributed by atoms with Gasteiger partial charge in [-0.2, -0.15) is 0 Å². The predicted octanol–water partition coefficient (Wildman–Crippen LogP) is 1.40. The minimum absolute atomic E-state index is 0.357. The number of nitrogens with one attached hydrogen (secondary N) is 2. The van der Waals surface area contributed by atoms with Gasteiger partial charge in [0.1, 0.15) is 0 Å². The molecule has 0 saturated carbocycles. The molecule has 0 saturated heterocycles. The Morgan fingerprint density at radius 1 is 1.29 bits per heavy atom. The standard InChI is InChI=1S/C12H20N2O2S/c1-4-7-14-9-11-6-5-10(2)12(8-11)17(15,16)13-3/h5-6,8,13-14H,4,7,9H2,1-3H3. The molecule has 0 aliphatic rings. The highest BCUT2D eigenvalue weighted by molar-refractivity contribution is 7.89. The summed E-state index contributed by atoms with van der Waals surface area (Å²) in [5.41, 5.74) is 1.75. The fourth-order valence-corrected chi connectivity index (χ4v) is 2.58. The van der Waals surface area contributed by atoms with Crippen LogP contribution in [0.3, 0.4) is 0 Å². The van der Waals surface area contributed by atoms with E-state index in [-0.39, 0.29) is 0 Å². The zero-order chi connectivity index (χ0) is 12.9. The van der Waals surface area contributed by atoms with Gasteiger partial charge in [-0.15, -0.1) is 0 Å². The first-order valence-electron chi connectivity index (χ1n) is 5.75. The monoisotopic (exact) mass is 256 g/mol. The van der Waals surface area contributed by atoms with Crippen molar-refractivity contribution in [1.29, 1.82) is 0 Å². The minimum Gasteiger partial charge on any atom is -0.313 e. The van der Waals surface area contributed by atoms with Crippen molar-refractivity contribution in [2.75, 3.05) is 13.6 Å². The Kier molecular flexibility index (Phi) is 5.11. The summed E-state index contributed by atoms with van der Waals surface area (Å²) in [7, 11) is -1.93. The molecule has 1 aromatic rings. The van der Waals surface area contributed by atoms with Gasteiger partial charge in [0, 0.05) is 6.54 Å². The molecule has 0 spiro atoms. The Bertz CT molecular complexity index is 469. The summed E-state index contributed by atoms with van der Waals surface area (Å²) < 4.78 is 25.9. The van der Waals surface area contributed by atoms with Crippen LogP contribution in [0.4, 0.5) is 0 Å². The van der Waals surface area contributed by atoms with Gasteiger partial charge in [0.05, 0.1) is 4.90 Å². The highest BCUT2D eigenvalue weighted by Crippen LogP contribution is 2.16. The Morgan fingerprint density at radius 2 is 2.00 bits per heavy atom. The van der Waals surface area contributed by atoms with E-state index in [9.17, 15) is 8.42 Å². The molecule has 2 N–H and O–H groups in total. The lowest BCUT2D eigenvalue weighted by Crippen LogP contribution is -2.20. The van der Waals surface area contributed by atoms with Gasteiger partial charge >= 0.3 is 0 Å². The lowest BCUT2D eigenvalue weighted by Gasteiger charge is -2.09. The lowest BCUT2D eigenvalue weighted by atomic mass is 10.1. The molecule has 1 aromatic carbocycles. The maximum Gasteiger partial charge on any atom is 0.240 e. The molecular weight excluding hydrogens is 236 g/mol. The van der Waals surface area contributed by atoms with Crippen molar-refractivity contribution in [1.82, 2.24) is 10.0 Å². The summed E-state index contributed by atoms with van der Waals surface area (Å²) >= 11 is 0. The Hall–Kier alpha value is -0.910. The smallest absolute Gasteiger partial charge is 0.240 e. The number of sulfonamides is 1. The topological polar surface area (TPSA) is 58.2 Å². The van der Waals surface area contributed by atoms with Crippen LogP contribution in [0.1, 0.15) is 24.5 Å². The van der Waals surface area contributed by atoms with Crippen LogP contribution in [0.25, 0.3) is 0 Å². The van der Waals surface area contributed by atoms with Gasteiger partial charge in [-0.25, -0.2) is 13.1 Å². The molecule has 0 radical (unpaired) electrons. The van der Waals surface area contributed by atoms with Crippen LogP contribution < -0.4 is 10.0 Å². The molecule has 17 heavy (non-hydrogen) atoms. The van der Waals surface area contributed by atoms with Gasteiger partial charge in [-0.05, 0) is 44.1 Å². The first kappa shape index (κ1) is 14.2. The van der Waals surface area contributed by atoms with E-state index in [4.69, 9.17) is 0 Å². The maximum absolute atomic E-state index is 11.8. The van der Waals surface area contributed by atoms with Crippen LogP contribution >= 0.6 is 0 Å². The summed E-state index contributed by atoms with van der Waals surface area (Å²) in [6.07, 6.45) is 1.06. The van der Waals surface area contributed by atoms with Crippen LogP contribution in [-0.2, 0) is 16.6 Å². The largest absolute Gasteiger partial charge is 0.313 e. The van der Waals surface area contributed by atoms with Crippen molar-refractivity contribution in [2.45, 2.75) is 31.7 Å². The van der Waals surface area contributed by atoms with Gasteiger partial charge in [0.2, 0.25) is 10.0 Å². The minimum atomic E-state index is -3.36. The van der Waals surface area contributed by atoms with E-state index in [2.05, 4.69) is 17.0 Å². The van der Waals surface area contributed by atoms with Crippen molar-refractivity contribution in [3.63, 3.8) is 0 Å². The zero-order valence-electron chi connectivity index (χ0n) is 10.6. The first-order valence-corrected chi connectivity index (χ1v) is 7.23. The molecule has 96 valence electrons. The third kappa shape index (κ3) is 3.80. The number of aryl methyl sites for hydroxylation is 1. The molecule has 0 aromatic heterocycles. The predicted molar refractivity (Wildman–Crippen MR) is 69.4 cm³/mol. The average Bonchev–Trinajstić information content (AvgIpc) is 2.31. The summed E-state index contributed by atoms with van der Waals surface area (Å²) in [4.78, 5) is 0.357. The van der Waals surface area contributed by atoms with E-state index in [1.54, 1.807) is 13.0 Å². The van der Waals surface area contributed by atoms with Crippen molar-refractivity contribution in [3.05, 3.63) is 29.3 Å². The molecule has 0 atom stereocenters. The van der Waals surface area contributed by atoms with Gasteiger partial charge in [-0.1, -0.05) is 19.1 Å². The highest BCUT2D eigenvalue weighted by atomic mass is 32.2. The van der Waals surface area contributed by atoms with E-state index in [0.717, 1.165) is 24.1 Å². The van der Waals surface area contributed by atoms with E-state index in [0.29, 0.717) is 11.4 Å². The Labute approximate surface area is 103 Å². The molecule has 4 nitrogen and oxygen atoms in total. The van der Waals surface area contributed by atoms with Crippen LogP contribution in [0.5, 0.6) is 0 Å². The van der Waals surface area contributed by atoms with Gasteiger partial charge in [-0.3, -0.25) is 0 Å². The molecule has 0 aliphatic heterocycles. The molecule has 0 aliphatic carbocycles. The van der Waals surface area contributed by atoms with Crippen molar-refractivity contribution in [2.24, 2.45) is 0 Å². The van der Waals surface area contributed by atoms with Crippen LogP contribution in [0, 0.1) is 6.92 Å². The highest BCUT2D eigenvalue weighted by Gasteiger charge is 2.14. The van der Waals surface area contributed by atoms with Gasteiger partial charge < -0.3 is 5.32 Å². The molecule has 0 unspecified atom stereocenters. The average molecular weight is 256 g/mol. The Balaban J connectivity index is 2.95. The van der Waals surface area contributed by atoms with E-state index in [1.165, 1.54) is 7.05 Å². The second kappa shape index (κ2) is 6.14. The third-order valence-corrected chi connectivity index (χ3v) is 4.12. The second-order valence-corrected chi connectivity index (χ2v) is 5.84. The quantitative estimate of drug-likeness (QED) is 0.756. The van der Waals surface area contributed by atoms with E-state index >= 15 is 0 Å². The van der Waals surface area contributed by atoms with Gasteiger partial charge in [0.25, 0.3) is 0 Å². The molecule has 1 rings (SSSR count).